The van der Waals surface area contributed by atoms with Crippen molar-refractivity contribution in [1.29, 1.82) is 0 Å². The van der Waals surface area contributed by atoms with E-state index in [1.54, 1.807) is 0 Å². The molecule has 1 heterocycles. The van der Waals surface area contributed by atoms with Gasteiger partial charge in [-0.15, -0.1) is 0 Å². The highest BCUT2D eigenvalue weighted by Crippen LogP contribution is 2.29. The zero-order valence-electron chi connectivity index (χ0n) is 11.2. The van der Waals surface area contributed by atoms with Gasteiger partial charge in [0.1, 0.15) is 11.6 Å². The van der Waals surface area contributed by atoms with Crippen LogP contribution in [0.3, 0.4) is 0 Å². The summed E-state index contributed by atoms with van der Waals surface area (Å²) in [6.45, 7) is 2.25. The number of rotatable bonds is 5. The number of aromatic nitrogens is 1. The summed E-state index contributed by atoms with van der Waals surface area (Å²) in [6, 6.07) is 6.38. The van der Waals surface area contributed by atoms with Gasteiger partial charge in [0, 0.05) is 6.04 Å². The number of hydrazine groups is 1. The number of nitrogens with one attached hydrogen (secondary N) is 2. The summed E-state index contributed by atoms with van der Waals surface area (Å²) in [5.41, 5.74) is 2.59. The van der Waals surface area contributed by atoms with E-state index < -0.39 is 0 Å². The first-order valence-electron chi connectivity index (χ1n) is 7.03. The van der Waals surface area contributed by atoms with Crippen LogP contribution in [0.2, 0.25) is 0 Å². The highest BCUT2D eigenvalue weighted by atomic mass is 15.3. The van der Waals surface area contributed by atoms with E-state index in [-0.39, 0.29) is 0 Å². The molecule has 4 N–H and O–H groups in total. The molecule has 18 heavy (non-hydrogen) atoms. The number of nitrogens with two attached hydrogens (primary N) is 1. The quantitative estimate of drug-likeness (QED) is 0.553. The second-order valence-electron chi connectivity index (χ2n) is 5.11. The Labute approximate surface area is 109 Å². The van der Waals surface area contributed by atoms with Gasteiger partial charge in [-0.25, -0.2) is 10.8 Å². The normalized spacial score (nSPS) is 18.3. The Morgan fingerprint density at radius 3 is 2.67 bits per heavy atom. The van der Waals surface area contributed by atoms with E-state index in [0.29, 0.717) is 11.9 Å². The molecule has 0 saturated heterocycles. The fourth-order valence-electron chi connectivity index (χ4n) is 2.88. The molecular weight excluding hydrogens is 224 g/mol. The van der Waals surface area contributed by atoms with Gasteiger partial charge in [0.15, 0.2) is 0 Å². The zero-order valence-corrected chi connectivity index (χ0v) is 11.2. The lowest BCUT2D eigenvalue weighted by molar-refractivity contribution is 0.312. The Hall–Kier alpha value is -1.29. The van der Waals surface area contributed by atoms with Crippen LogP contribution in [0.25, 0.3) is 0 Å². The minimum absolute atomic E-state index is 0.533. The predicted octanol–water partition coefficient (Wildman–Crippen LogP) is 3.14. The topological polar surface area (TPSA) is 63.0 Å². The lowest BCUT2D eigenvalue weighted by Gasteiger charge is -2.30. The third kappa shape index (κ3) is 3.35. The number of hydrogen-bond donors (Lipinski definition) is 3. The predicted molar refractivity (Wildman–Crippen MR) is 76.3 cm³/mol. The molecule has 4 heteroatoms. The second-order valence-corrected chi connectivity index (χ2v) is 5.11. The second kappa shape index (κ2) is 6.59. The molecule has 0 bridgehead atoms. The number of anilines is 2. The smallest absolute Gasteiger partial charge is 0.142 e. The van der Waals surface area contributed by atoms with Crippen LogP contribution in [0.15, 0.2) is 18.2 Å². The van der Waals surface area contributed by atoms with E-state index in [4.69, 9.17) is 5.84 Å². The molecule has 4 nitrogen and oxygen atoms in total. The molecule has 1 aliphatic rings. The SMILES string of the molecule is CCC(Nc1cccc(NN)n1)C1CCCCC1. The van der Waals surface area contributed by atoms with E-state index in [1.165, 1.54) is 32.1 Å². The molecule has 1 fully saturated rings. The first-order chi connectivity index (χ1) is 8.83. The van der Waals surface area contributed by atoms with Crippen molar-refractivity contribution in [3.05, 3.63) is 18.2 Å². The zero-order chi connectivity index (χ0) is 12.8. The van der Waals surface area contributed by atoms with Gasteiger partial charge in [-0.3, -0.25) is 0 Å². The van der Waals surface area contributed by atoms with Crippen molar-refractivity contribution >= 4 is 11.6 Å². The monoisotopic (exact) mass is 248 g/mol. The average Bonchev–Trinajstić information content (AvgIpc) is 2.46. The molecule has 0 radical (unpaired) electrons. The minimum atomic E-state index is 0.533. The summed E-state index contributed by atoms with van der Waals surface area (Å²) in [5.74, 6) is 7.80. The van der Waals surface area contributed by atoms with Crippen molar-refractivity contribution < 1.29 is 0 Å². The standard InChI is InChI=1S/C14H24N4/c1-2-12(11-7-4-3-5-8-11)16-13-9-6-10-14(17-13)18-15/h6,9-12H,2-5,7-8,15H2,1H3,(H2,16,17,18). The largest absolute Gasteiger partial charge is 0.367 e. The van der Waals surface area contributed by atoms with Crippen LogP contribution in [0.1, 0.15) is 45.4 Å². The molecule has 1 saturated carbocycles. The number of nitrogens with zero attached hydrogens (tertiary/aromatic N) is 1. The molecule has 1 aliphatic carbocycles. The Balaban J connectivity index is 1.99. The van der Waals surface area contributed by atoms with Gasteiger partial charge >= 0.3 is 0 Å². The van der Waals surface area contributed by atoms with Crippen LogP contribution in [0.5, 0.6) is 0 Å². The molecule has 0 aliphatic heterocycles. The Morgan fingerprint density at radius 1 is 1.28 bits per heavy atom. The fourth-order valence-corrected chi connectivity index (χ4v) is 2.88. The van der Waals surface area contributed by atoms with Gasteiger partial charge in [0.2, 0.25) is 0 Å². The third-order valence-corrected chi connectivity index (χ3v) is 3.89. The summed E-state index contributed by atoms with van der Waals surface area (Å²) >= 11 is 0. The number of nitrogen functional groups attached to an aromatic ring is 1. The molecule has 0 spiro atoms. The van der Waals surface area contributed by atoms with E-state index in [0.717, 1.165) is 18.2 Å². The maximum Gasteiger partial charge on any atom is 0.142 e. The van der Waals surface area contributed by atoms with Crippen LogP contribution in [-0.4, -0.2) is 11.0 Å². The van der Waals surface area contributed by atoms with E-state index in [2.05, 4.69) is 22.7 Å². The van der Waals surface area contributed by atoms with E-state index in [1.807, 2.05) is 18.2 Å². The molecule has 1 atom stereocenters. The first kappa shape index (κ1) is 13.1. The third-order valence-electron chi connectivity index (χ3n) is 3.89. The van der Waals surface area contributed by atoms with Gasteiger partial charge in [-0.2, -0.15) is 0 Å². The highest BCUT2D eigenvalue weighted by Gasteiger charge is 2.22. The summed E-state index contributed by atoms with van der Waals surface area (Å²) in [4.78, 5) is 4.43. The van der Waals surface area contributed by atoms with Gasteiger partial charge in [-0.1, -0.05) is 32.3 Å². The van der Waals surface area contributed by atoms with Gasteiger partial charge in [-0.05, 0) is 37.3 Å². The fraction of sp³-hybridized carbons (Fsp3) is 0.643. The lowest BCUT2D eigenvalue weighted by Crippen LogP contribution is -2.30. The Kier molecular flexibility index (Phi) is 4.81. The van der Waals surface area contributed by atoms with Crippen LogP contribution in [-0.2, 0) is 0 Å². The summed E-state index contributed by atoms with van der Waals surface area (Å²) in [5, 5.41) is 3.57. The number of hydrogen-bond acceptors (Lipinski definition) is 4. The lowest BCUT2D eigenvalue weighted by atomic mass is 9.83. The van der Waals surface area contributed by atoms with Crippen LogP contribution < -0.4 is 16.6 Å². The molecule has 2 rings (SSSR count). The van der Waals surface area contributed by atoms with E-state index >= 15 is 0 Å². The van der Waals surface area contributed by atoms with Crippen LogP contribution in [0.4, 0.5) is 11.6 Å². The van der Waals surface area contributed by atoms with Gasteiger partial charge in [0.25, 0.3) is 0 Å². The molecule has 0 amide bonds. The molecule has 100 valence electrons. The average molecular weight is 248 g/mol. The van der Waals surface area contributed by atoms with Crippen molar-refractivity contribution in [2.24, 2.45) is 11.8 Å². The molecule has 1 aromatic rings. The van der Waals surface area contributed by atoms with Crippen molar-refractivity contribution in [3.63, 3.8) is 0 Å². The van der Waals surface area contributed by atoms with Crippen molar-refractivity contribution in [3.8, 4) is 0 Å². The highest BCUT2D eigenvalue weighted by molar-refractivity contribution is 5.44. The van der Waals surface area contributed by atoms with Crippen molar-refractivity contribution in [2.75, 3.05) is 10.7 Å². The van der Waals surface area contributed by atoms with Crippen molar-refractivity contribution in [1.82, 2.24) is 4.98 Å². The van der Waals surface area contributed by atoms with E-state index in [9.17, 15) is 0 Å². The summed E-state index contributed by atoms with van der Waals surface area (Å²) in [6.07, 6.45) is 7.99. The maximum absolute atomic E-state index is 5.38. The number of pyridine rings is 1. The van der Waals surface area contributed by atoms with Crippen LogP contribution >= 0.6 is 0 Å². The maximum atomic E-state index is 5.38. The molecular formula is C14H24N4. The van der Waals surface area contributed by atoms with Gasteiger partial charge in [0.05, 0.1) is 0 Å². The summed E-state index contributed by atoms with van der Waals surface area (Å²) in [7, 11) is 0. The molecule has 0 aromatic carbocycles. The van der Waals surface area contributed by atoms with Crippen molar-refractivity contribution in [2.45, 2.75) is 51.5 Å². The minimum Gasteiger partial charge on any atom is -0.367 e. The molecule has 1 unspecified atom stereocenters. The first-order valence-corrected chi connectivity index (χ1v) is 7.03. The summed E-state index contributed by atoms with van der Waals surface area (Å²) < 4.78 is 0. The van der Waals surface area contributed by atoms with Crippen LogP contribution in [0, 0.1) is 5.92 Å². The molecule has 1 aromatic heterocycles. The Bertz CT molecular complexity index is 361. The van der Waals surface area contributed by atoms with Gasteiger partial charge < -0.3 is 10.7 Å². The Morgan fingerprint density at radius 2 is 2.00 bits per heavy atom.